The van der Waals surface area contributed by atoms with Crippen LogP contribution in [0.2, 0.25) is 0 Å². The molecule has 1 amide bonds. The maximum Gasteiger partial charge on any atom is 0.271 e. The SMILES string of the molecule is O=C(N/N=C/c1cc(C23CC4CC(CC(C4)C2)C3)ccc1O)c1cccc([N+](=O)[O-])c1. The first-order chi connectivity index (χ1) is 14.9. The third-order valence-corrected chi connectivity index (χ3v) is 7.37. The number of carbonyl (C=O) groups is 1. The van der Waals surface area contributed by atoms with Crippen molar-refractivity contribution in [3.05, 3.63) is 69.3 Å². The molecule has 4 aliphatic rings. The lowest BCUT2D eigenvalue weighted by molar-refractivity contribution is -0.384. The van der Waals surface area contributed by atoms with Crippen molar-refractivity contribution in [3.8, 4) is 5.75 Å². The molecule has 0 aromatic heterocycles. The van der Waals surface area contributed by atoms with Gasteiger partial charge in [0.05, 0.1) is 11.1 Å². The summed E-state index contributed by atoms with van der Waals surface area (Å²) in [6.45, 7) is 0. The Kier molecular flexibility index (Phi) is 4.76. The molecule has 2 aromatic rings. The van der Waals surface area contributed by atoms with Crippen LogP contribution in [0.4, 0.5) is 5.69 Å². The number of aromatic hydroxyl groups is 1. The monoisotopic (exact) mass is 419 g/mol. The van der Waals surface area contributed by atoms with E-state index in [1.54, 1.807) is 6.07 Å². The highest BCUT2D eigenvalue weighted by Gasteiger charge is 2.51. The van der Waals surface area contributed by atoms with Gasteiger partial charge in [0.2, 0.25) is 0 Å². The zero-order valence-electron chi connectivity index (χ0n) is 17.2. The Morgan fingerprint density at radius 3 is 2.42 bits per heavy atom. The van der Waals surface area contributed by atoms with Gasteiger partial charge in [-0.1, -0.05) is 12.1 Å². The maximum absolute atomic E-state index is 12.3. The highest BCUT2D eigenvalue weighted by Crippen LogP contribution is 2.60. The fourth-order valence-electron chi connectivity index (χ4n) is 6.44. The van der Waals surface area contributed by atoms with Crippen LogP contribution in [0, 0.1) is 27.9 Å². The standard InChI is InChI=1S/C24H25N3O4/c28-22-5-4-20(24-11-15-6-16(12-24)8-17(7-15)13-24)9-19(22)14-25-26-23(29)18-2-1-3-21(10-18)27(30)31/h1-5,9-10,14-17,28H,6-8,11-13H2,(H,26,29)/b25-14+. The quantitative estimate of drug-likeness (QED) is 0.422. The fraction of sp³-hybridized carbons (Fsp3) is 0.417. The van der Waals surface area contributed by atoms with Crippen LogP contribution in [-0.2, 0) is 5.41 Å². The molecule has 4 fully saturated rings. The molecule has 2 N–H and O–H groups in total. The lowest BCUT2D eigenvalue weighted by Crippen LogP contribution is -2.48. The largest absolute Gasteiger partial charge is 0.507 e. The average molecular weight is 419 g/mol. The Hall–Kier alpha value is -3.22. The minimum Gasteiger partial charge on any atom is -0.507 e. The van der Waals surface area contributed by atoms with E-state index in [4.69, 9.17) is 0 Å². The molecule has 0 spiro atoms. The van der Waals surface area contributed by atoms with E-state index < -0.39 is 10.8 Å². The third-order valence-electron chi connectivity index (χ3n) is 7.37. The number of phenols is 1. The van der Waals surface area contributed by atoms with Crippen LogP contribution in [0.15, 0.2) is 47.6 Å². The van der Waals surface area contributed by atoms with Gasteiger partial charge in [-0.25, -0.2) is 5.43 Å². The topological polar surface area (TPSA) is 105 Å². The highest BCUT2D eigenvalue weighted by molar-refractivity contribution is 5.95. The van der Waals surface area contributed by atoms with Crippen LogP contribution in [0.1, 0.15) is 60.0 Å². The molecule has 0 radical (unpaired) electrons. The smallest absolute Gasteiger partial charge is 0.271 e. The van der Waals surface area contributed by atoms with E-state index in [0.717, 1.165) is 17.8 Å². The molecule has 0 unspecified atom stereocenters. The normalized spacial score (nSPS) is 28.7. The Bertz CT molecular complexity index is 1040. The van der Waals surface area contributed by atoms with E-state index >= 15 is 0 Å². The summed E-state index contributed by atoms with van der Waals surface area (Å²) in [5, 5.41) is 25.2. The number of benzene rings is 2. The molecule has 0 heterocycles. The number of rotatable bonds is 5. The maximum atomic E-state index is 12.3. The summed E-state index contributed by atoms with van der Waals surface area (Å²) in [7, 11) is 0. The molecular weight excluding hydrogens is 394 g/mol. The highest BCUT2D eigenvalue weighted by atomic mass is 16.6. The number of hydrazone groups is 1. The van der Waals surface area contributed by atoms with Gasteiger partial charge in [-0.2, -0.15) is 5.10 Å². The zero-order valence-corrected chi connectivity index (χ0v) is 17.2. The van der Waals surface area contributed by atoms with E-state index in [2.05, 4.69) is 10.5 Å². The lowest BCUT2D eigenvalue weighted by atomic mass is 9.48. The van der Waals surface area contributed by atoms with Gasteiger partial charge in [-0.05, 0) is 85.5 Å². The van der Waals surface area contributed by atoms with E-state index in [0.29, 0.717) is 5.56 Å². The number of nitrogens with one attached hydrogen (secondary N) is 1. The number of hydrogen-bond acceptors (Lipinski definition) is 5. The Morgan fingerprint density at radius 1 is 1.10 bits per heavy atom. The molecule has 0 saturated heterocycles. The van der Waals surface area contributed by atoms with Gasteiger partial charge in [0.25, 0.3) is 11.6 Å². The summed E-state index contributed by atoms with van der Waals surface area (Å²) in [5.74, 6) is 2.04. The molecule has 0 atom stereocenters. The second-order valence-electron chi connectivity index (χ2n) is 9.48. The fourth-order valence-corrected chi connectivity index (χ4v) is 6.44. The first-order valence-electron chi connectivity index (χ1n) is 10.8. The predicted molar refractivity (Wildman–Crippen MR) is 116 cm³/mol. The number of nitro groups is 1. The van der Waals surface area contributed by atoms with Crippen LogP contribution in [0.5, 0.6) is 5.75 Å². The Balaban J connectivity index is 1.33. The number of amides is 1. The summed E-state index contributed by atoms with van der Waals surface area (Å²) in [5.41, 5.74) is 4.42. The average Bonchev–Trinajstić information content (AvgIpc) is 2.74. The molecule has 7 nitrogen and oxygen atoms in total. The van der Waals surface area contributed by atoms with Crippen LogP contribution < -0.4 is 5.43 Å². The number of non-ortho nitro benzene ring substituents is 1. The van der Waals surface area contributed by atoms with Crippen molar-refractivity contribution in [2.45, 2.75) is 43.9 Å². The van der Waals surface area contributed by atoms with E-state index in [-0.39, 0.29) is 22.4 Å². The van der Waals surface area contributed by atoms with Gasteiger partial charge in [-0.15, -0.1) is 0 Å². The molecule has 2 aromatic carbocycles. The van der Waals surface area contributed by atoms with Crippen LogP contribution in [0.25, 0.3) is 0 Å². The molecule has 6 rings (SSSR count). The zero-order chi connectivity index (χ0) is 21.6. The van der Waals surface area contributed by atoms with Gasteiger partial charge >= 0.3 is 0 Å². The summed E-state index contributed by atoms with van der Waals surface area (Å²) >= 11 is 0. The number of phenolic OH excluding ortho intramolecular Hbond substituents is 1. The van der Waals surface area contributed by atoms with E-state index in [9.17, 15) is 20.0 Å². The first kappa shape index (κ1) is 19.7. The van der Waals surface area contributed by atoms with Crippen LogP contribution in [-0.4, -0.2) is 22.2 Å². The van der Waals surface area contributed by atoms with Crippen molar-refractivity contribution in [2.24, 2.45) is 22.9 Å². The molecule has 7 heteroatoms. The number of nitrogens with zero attached hydrogens (tertiary/aromatic N) is 2. The van der Waals surface area contributed by atoms with Gasteiger partial charge < -0.3 is 5.11 Å². The van der Waals surface area contributed by atoms with Gasteiger partial charge in [-0.3, -0.25) is 14.9 Å². The summed E-state index contributed by atoms with van der Waals surface area (Å²) in [4.78, 5) is 22.6. The molecule has 4 bridgehead atoms. The molecule has 0 aliphatic heterocycles. The van der Waals surface area contributed by atoms with Crippen LogP contribution in [0.3, 0.4) is 0 Å². The second kappa shape index (κ2) is 7.48. The Labute approximate surface area is 180 Å². The van der Waals surface area contributed by atoms with Crippen molar-refractivity contribution >= 4 is 17.8 Å². The molecule has 4 aliphatic carbocycles. The van der Waals surface area contributed by atoms with Crippen molar-refractivity contribution in [1.82, 2.24) is 5.43 Å². The minimum absolute atomic E-state index is 0.113. The van der Waals surface area contributed by atoms with Gasteiger partial charge in [0.1, 0.15) is 5.75 Å². The number of hydrogen-bond donors (Lipinski definition) is 2. The summed E-state index contributed by atoms with van der Waals surface area (Å²) < 4.78 is 0. The number of carbonyl (C=O) groups excluding carboxylic acids is 1. The minimum atomic E-state index is -0.548. The predicted octanol–water partition coefficient (Wildman–Crippen LogP) is 4.53. The van der Waals surface area contributed by atoms with Crippen LogP contribution >= 0.6 is 0 Å². The first-order valence-corrected chi connectivity index (χ1v) is 10.8. The van der Waals surface area contributed by atoms with Gasteiger partial charge in [0.15, 0.2) is 0 Å². The molecule has 4 saturated carbocycles. The van der Waals surface area contributed by atoms with E-state index in [1.165, 1.54) is 74.6 Å². The van der Waals surface area contributed by atoms with E-state index in [1.807, 2.05) is 12.1 Å². The number of nitro benzene ring substituents is 1. The van der Waals surface area contributed by atoms with Crippen molar-refractivity contribution in [1.29, 1.82) is 0 Å². The van der Waals surface area contributed by atoms with Gasteiger partial charge in [0, 0.05) is 23.3 Å². The summed E-state index contributed by atoms with van der Waals surface area (Å²) in [6.07, 6.45) is 9.23. The molecule has 160 valence electrons. The Morgan fingerprint density at radius 2 is 1.77 bits per heavy atom. The van der Waals surface area contributed by atoms with Crippen molar-refractivity contribution in [3.63, 3.8) is 0 Å². The molecular formula is C24H25N3O4. The van der Waals surface area contributed by atoms with Crippen molar-refractivity contribution in [2.75, 3.05) is 0 Å². The lowest BCUT2D eigenvalue weighted by Gasteiger charge is -2.57. The van der Waals surface area contributed by atoms with Crippen molar-refractivity contribution < 1.29 is 14.8 Å². The third kappa shape index (κ3) is 3.69. The summed E-state index contributed by atoms with van der Waals surface area (Å²) in [6, 6.07) is 11.2. The second-order valence-corrected chi connectivity index (χ2v) is 9.48. The molecule has 31 heavy (non-hydrogen) atoms.